The Balaban J connectivity index is 1.41. The Hall–Kier alpha value is -3.46. The Bertz CT molecular complexity index is 1050. The highest BCUT2D eigenvalue weighted by Crippen LogP contribution is 2.26. The van der Waals surface area contributed by atoms with E-state index < -0.39 is 0 Å². The predicted molar refractivity (Wildman–Crippen MR) is 119 cm³/mol. The largest absolute Gasteiger partial charge is 0.497 e. The summed E-state index contributed by atoms with van der Waals surface area (Å²) < 4.78 is 12.5. The highest BCUT2D eigenvalue weighted by molar-refractivity contribution is 5.82. The van der Waals surface area contributed by atoms with Crippen LogP contribution in [0.3, 0.4) is 0 Å². The molecule has 1 N–H and O–H groups in total. The average Bonchev–Trinajstić information content (AvgIpc) is 3.49. The molecule has 1 saturated heterocycles. The van der Waals surface area contributed by atoms with E-state index in [1.165, 1.54) is 0 Å². The molecule has 2 aromatic heterocycles. The molecule has 0 saturated carbocycles. The Kier molecular flexibility index (Phi) is 6.65. The normalized spacial score (nSPS) is 16.2. The van der Waals surface area contributed by atoms with Crippen molar-refractivity contribution in [3.05, 3.63) is 59.9 Å². The second kappa shape index (κ2) is 9.78. The number of likely N-dealkylation sites (tertiary alicyclic amines) is 1. The summed E-state index contributed by atoms with van der Waals surface area (Å²) in [5.41, 5.74) is 2.65. The average molecular weight is 437 g/mol. The van der Waals surface area contributed by atoms with Crippen molar-refractivity contribution in [1.82, 2.24) is 29.7 Å². The number of methoxy groups -OCH3 is 2. The molecule has 0 spiro atoms. The van der Waals surface area contributed by atoms with Crippen LogP contribution in [0.15, 0.2) is 43.0 Å². The summed E-state index contributed by atoms with van der Waals surface area (Å²) in [6.07, 6.45) is 6.94. The van der Waals surface area contributed by atoms with Crippen LogP contribution in [0.25, 0.3) is 5.95 Å². The van der Waals surface area contributed by atoms with E-state index in [0.717, 1.165) is 47.8 Å². The minimum atomic E-state index is -0.178. The lowest BCUT2D eigenvalue weighted by Crippen LogP contribution is -2.42. The van der Waals surface area contributed by atoms with E-state index in [4.69, 9.17) is 9.47 Å². The zero-order valence-electron chi connectivity index (χ0n) is 18.6. The highest BCUT2D eigenvalue weighted by atomic mass is 16.5. The highest BCUT2D eigenvalue weighted by Gasteiger charge is 2.30. The van der Waals surface area contributed by atoms with Crippen LogP contribution >= 0.6 is 0 Å². The van der Waals surface area contributed by atoms with Gasteiger partial charge in [0.1, 0.15) is 17.8 Å². The summed E-state index contributed by atoms with van der Waals surface area (Å²) in [6, 6.07) is 7.52. The molecular formula is C23H28N6O3. The van der Waals surface area contributed by atoms with Gasteiger partial charge in [0.2, 0.25) is 11.9 Å². The van der Waals surface area contributed by atoms with Crippen molar-refractivity contribution in [2.24, 2.45) is 0 Å². The molecule has 0 radical (unpaired) electrons. The van der Waals surface area contributed by atoms with E-state index in [1.54, 1.807) is 37.5 Å². The predicted octanol–water partition coefficient (Wildman–Crippen LogP) is 2.27. The lowest BCUT2D eigenvalue weighted by molar-refractivity contribution is -0.125. The Morgan fingerprint density at radius 3 is 2.62 bits per heavy atom. The first-order valence-corrected chi connectivity index (χ1v) is 10.6. The fourth-order valence-electron chi connectivity index (χ4n) is 4.00. The molecule has 1 unspecified atom stereocenters. The van der Waals surface area contributed by atoms with Crippen LogP contribution in [0, 0.1) is 6.92 Å². The van der Waals surface area contributed by atoms with Crippen molar-refractivity contribution in [3.8, 4) is 17.4 Å². The number of aromatic nitrogens is 4. The molecule has 4 rings (SSSR count). The first kappa shape index (κ1) is 21.8. The Morgan fingerprint density at radius 2 is 1.94 bits per heavy atom. The van der Waals surface area contributed by atoms with Crippen LogP contribution < -0.4 is 14.8 Å². The number of nitrogens with one attached hydrogen (secondary N) is 1. The summed E-state index contributed by atoms with van der Waals surface area (Å²) in [5, 5.41) is 3.06. The second-order valence-electron chi connectivity index (χ2n) is 7.84. The van der Waals surface area contributed by atoms with Gasteiger partial charge in [0.05, 0.1) is 32.5 Å². The zero-order chi connectivity index (χ0) is 22.5. The number of hydrogen-bond acceptors (Lipinski definition) is 7. The van der Waals surface area contributed by atoms with Gasteiger partial charge in [0.25, 0.3) is 0 Å². The van der Waals surface area contributed by atoms with Gasteiger partial charge >= 0.3 is 0 Å². The summed E-state index contributed by atoms with van der Waals surface area (Å²) in [4.78, 5) is 28.2. The SMILES string of the molecule is COc1cc(CN2CCCC2C(=O)NCc2cc(C)nc(-n3ccnc3)n2)cc(OC)c1. The van der Waals surface area contributed by atoms with Gasteiger partial charge in [-0.1, -0.05) is 0 Å². The quantitative estimate of drug-likeness (QED) is 0.579. The Morgan fingerprint density at radius 1 is 1.16 bits per heavy atom. The van der Waals surface area contributed by atoms with E-state index in [0.29, 0.717) is 19.0 Å². The number of hydrogen-bond donors (Lipinski definition) is 1. The van der Waals surface area contributed by atoms with Crippen LogP contribution in [0.2, 0.25) is 0 Å². The number of carbonyl (C=O) groups is 1. The number of amides is 1. The molecule has 9 heteroatoms. The van der Waals surface area contributed by atoms with E-state index >= 15 is 0 Å². The minimum Gasteiger partial charge on any atom is -0.497 e. The van der Waals surface area contributed by atoms with Crippen LogP contribution in [0.5, 0.6) is 11.5 Å². The van der Waals surface area contributed by atoms with E-state index in [9.17, 15) is 4.79 Å². The van der Waals surface area contributed by atoms with Gasteiger partial charge in [-0.05, 0) is 50.1 Å². The monoisotopic (exact) mass is 436 g/mol. The number of benzene rings is 1. The maximum Gasteiger partial charge on any atom is 0.237 e. The van der Waals surface area contributed by atoms with Gasteiger partial charge in [0, 0.05) is 30.7 Å². The maximum absolute atomic E-state index is 13.0. The second-order valence-corrected chi connectivity index (χ2v) is 7.84. The molecule has 1 fully saturated rings. The number of imidazole rings is 1. The summed E-state index contributed by atoms with van der Waals surface area (Å²) in [6.45, 7) is 3.79. The molecule has 1 aliphatic heterocycles. The molecule has 1 amide bonds. The van der Waals surface area contributed by atoms with Gasteiger partial charge in [0.15, 0.2) is 0 Å². The molecule has 9 nitrogen and oxygen atoms in total. The van der Waals surface area contributed by atoms with E-state index in [-0.39, 0.29) is 11.9 Å². The van der Waals surface area contributed by atoms with E-state index in [2.05, 4.69) is 25.2 Å². The van der Waals surface area contributed by atoms with Crippen LogP contribution in [0.4, 0.5) is 0 Å². The molecule has 32 heavy (non-hydrogen) atoms. The van der Waals surface area contributed by atoms with Crippen molar-refractivity contribution in [2.75, 3.05) is 20.8 Å². The van der Waals surface area contributed by atoms with Gasteiger partial charge < -0.3 is 14.8 Å². The lowest BCUT2D eigenvalue weighted by atomic mass is 10.1. The first-order chi connectivity index (χ1) is 15.6. The molecule has 3 heterocycles. The summed E-state index contributed by atoms with van der Waals surface area (Å²) in [5.74, 6) is 2.04. The van der Waals surface area contributed by atoms with Gasteiger partial charge in [-0.3, -0.25) is 14.3 Å². The van der Waals surface area contributed by atoms with Gasteiger partial charge in [-0.15, -0.1) is 0 Å². The van der Waals surface area contributed by atoms with Crippen molar-refractivity contribution in [1.29, 1.82) is 0 Å². The standard InChI is InChI=1S/C23H28N6O3/c1-16-9-18(27-23(26-16)29-8-6-24-15-29)13-25-22(30)21-5-4-7-28(21)14-17-10-19(31-2)12-20(11-17)32-3/h6,8-12,15,21H,4-5,7,13-14H2,1-3H3,(H,25,30). The van der Waals surface area contributed by atoms with Crippen molar-refractivity contribution >= 4 is 5.91 Å². The van der Waals surface area contributed by atoms with Crippen molar-refractivity contribution in [3.63, 3.8) is 0 Å². The number of rotatable bonds is 8. The van der Waals surface area contributed by atoms with Crippen molar-refractivity contribution < 1.29 is 14.3 Å². The van der Waals surface area contributed by atoms with Gasteiger partial charge in [-0.25, -0.2) is 15.0 Å². The zero-order valence-corrected chi connectivity index (χ0v) is 18.6. The van der Waals surface area contributed by atoms with E-state index in [1.807, 2.05) is 31.2 Å². The summed E-state index contributed by atoms with van der Waals surface area (Å²) in [7, 11) is 3.27. The third-order valence-corrected chi connectivity index (χ3v) is 5.54. The molecule has 1 atom stereocenters. The fraction of sp³-hybridized carbons (Fsp3) is 0.391. The number of aryl methyl sites for hydroxylation is 1. The molecule has 3 aromatic rings. The number of nitrogens with zero attached hydrogens (tertiary/aromatic N) is 5. The molecular weight excluding hydrogens is 408 g/mol. The van der Waals surface area contributed by atoms with Crippen LogP contribution in [-0.4, -0.2) is 57.1 Å². The fourth-order valence-corrected chi connectivity index (χ4v) is 4.00. The van der Waals surface area contributed by atoms with Crippen LogP contribution in [-0.2, 0) is 17.9 Å². The number of carbonyl (C=O) groups excluding carboxylic acids is 1. The molecule has 0 bridgehead atoms. The summed E-state index contributed by atoms with van der Waals surface area (Å²) >= 11 is 0. The van der Waals surface area contributed by atoms with Crippen LogP contribution in [0.1, 0.15) is 29.8 Å². The lowest BCUT2D eigenvalue weighted by Gasteiger charge is -2.24. The third kappa shape index (κ3) is 5.05. The third-order valence-electron chi connectivity index (χ3n) is 5.54. The first-order valence-electron chi connectivity index (χ1n) is 10.6. The number of ether oxygens (including phenoxy) is 2. The van der Waals surface area contributed by atoms with Gasteiger partial charge in [-0.2, -0.15) is 0 Å². The Labute approximate surface area is 187 Å². The topological polar surface area (TPSA) is 94.4 Å². The van der Waals surface area contributed by atoms with Crippen molar-refractivity contribution in [2.45, 2.75) is 38.9 Å². The smallest absolute Gasteiger partial charge is 0.237 e. The molecule has 0 aliphatic carbocycles. The minimum absolute atomic E-state index is 0.0119. The maximum atomic E-state index is 13.0. The molecule has 1 aromatic carbocycles. The molecule has 168 valence electrons. The molecule has 1 aliphatic rings.